The normalized spacial score (nSPS) is 14.8. The molecule has 0 aromatic heterocycles. The minimum atomic E-state index is -1.65. The van der Waals surface area contributed by atoms with Crippen molar-refractivity contribution in [3.05, 3.63) is 12.7 Å². The molecule has 0 rings (SSSR count). The molecular formula is C17H34O2Si. The maximum absolute atomic E-state index is 11.8. The predicted molar refractivity (Wildman–Crippen MR) is 90.6 cm³/mol. The maximum atomic E-state index is 11.8. The van der Waals surface area contributed by atoms with Gasteiger partial charge in [-0.1, -0.05) is 54.0 Å². The van der Waals surface area contributed by atoms with E-state index < -0.39 is 8.32 Å². The first-order valence-corrected chi connectivity index (χ1v) is 10.8. The fraction of sp³-hybridized carbons (Fsp3) is 0.824. The molecule has 0 saturated carbocycles. The largest absolute Gasteiger partial charge is 0.413 e. The van der Waals surface area contributed by atoms with E-state index >= 15 is 0 Å². The van der Waals surface area contributed by atoms with Crippen molar-refractivity contribution >= 4 is 14.1 Å². The highest BCUT2D eigenvalue weighted by Gasteiger charge is 2.34. The summed E-state index contributed by atoms with van der Waals surface area (Å²) in [5.41, 5.74) is 0. The number of carbonyl (C=O) groups is 1. The second kappa shape index (κ2) is 10.3. The van der Waals surface area contributed by atoms with E-state index in [1.54, 1.807) is 0 Å². The van der Waals surface area contributed by atoms with Crippen molar-refractivity contribution in [2.24, 2.45) is 5.92 Å². The van der Waals surface area contributed by atoms with Crippen molar-refractivity contribution in [2.75, 3.05) is 0 Å². The Kier molecular flexibility index (Phi) is 10.1. The van der Waals surface area contributed by atoms with E-state index in [2.05, 4.69) is 41.2 Å². The molecule has 0 fully saturated rings. The van der Waals surface area contributed by atoms with Gasteiger partial charge in [-0.15, -0.1) is 0 Å². The topological polar surface area (TPSA) is 26.3 Å². The molecule has 2 nitrogen and oxygen atoms in total. The Labute approximate surface area is 127 Å². The fourth-order valence-corrected chi connectivity index (χ4v) is 5.63. The van der Waals surface area contributed by atoms with Gasteiger partial charge < -0.3 is 4.43 Å². The minimum absolute atomic E-state index is 0.0820. The second-order valence-electron chi connectivity index (χ2n) is 5.89. The van der Waals surface area contributed by atoms with Crippen molar-refractivity contribution in [3.63, 3.8) is 0 Å². The molecule has 0 amide bonds. The summed E-state index contributed by atoms with van der Waals surface area (Å²) >= 11 is 0. The zero-order chi connectivity index (χ0) is 15.6. The summed E-state index contributed by atoms with van der Waals surface area (Å²) in [5, 5.41) is 0. The molecular weight excluding hydrogens is 264 g/mol. The van der Waals surface area contributed by atoms with E-state index in [9.17, 15) is 4.79 Å². The highest BCUT2D eigenvalue weighted by atomic mass is 28.4. The summed E-state index contributed by atoms with van der Waals surface area (Å²) in [6.45, 7) is 14.8. The highest BCUT2D eigenvalue weighted by molar-refractivity contribution is 6.73. The smallest absolute Gasteiger partial charge is 0.192 e. The molecule has 0 aliphatic rings. The van der Waals surface area contributed by atoms with Gasteiger partial charge in [-0.05, 0) is 36.5 Å². The lowest BCUT2D eigenvalue weighted by Gasteiger charge is -2.36. The number of carbonyl (C=O) groups excluding carboxylic acids is 1. The molecule has 0 aliphatic heterocycles. The van der Waals surface area contributed by atoms with Gasteiger partial charge in [-0.2, -0.15) is 0 Å². The summed E-state index contributed by atoms with van der Waals surface area (Å²) in [5.74, 6) is 0.569. The molecule has 0 aromatic rings. The fourth-order valence-electron chi connectivity index (χ4n) is 2.67. The molecule has 118 valence electrons. The van der Waals surface area contributed by atoms with E-state index in [0.29, 0.717) is 12.3 Å². The van der Waals surface area contributed by atoms with Crippen LogP contribution in [0.4, 0.5) is 0 Å². The van der Waals surface area contributed by atoms with Crippen LogP contribution in [0, 0.1) is 5.92 Å². The number of rotatable bonds is 12. The monoisotopic (exact) mass is 298 g/mol. The van der Waals surface area contributed by atoms with Gasteiger partial charge >= 0.3 is 0 Å². The van der Waals surface area contributed by atoms with Crippen LogP contribution in [0.15, 0.2) is 12.7 Å². The first kappa shape index (κ1) is 19.6. The first-order valence-electron chi connectivity index (χ1n) is 8.31. The first-order chi connectivity index (χ1) is 9.48. The van der Waals surface area contributed by atoms with Gasteiger partial charge in [0.25, 0.3) is 0 Å². The Hall–Kier alpha value is -0.413. The molecule has 0 aliphatic carbocycles. The molecule has 0 spiro atoms. The standard InChI is InChI=1S/C17H34O2Si/c1-7-12-13-15(6)17(14-16(18)8-2)19-20(9-3,10-4)11-5/h8,15,17H,2,7,9-14H2,1,3-6H3/t15-,17-/m0/s1. The maximum Gasteiger partial charge on any atom is 0.192 e. The van der Waals surface area contributed by atoms with Gasteiger partial charge in [0.1, 0.15) is 0 Å². The molecule has 0 N–H and O–H groups in total. The van der Waals surface area contributed by atoms with Crippen LogP contribution in [0.25, 0.3) is 0 Å². The number of ketones is 1. The van der Waals surface area contributed by atoms with E-state index in [-0.39, 0.29) is 11.9 Å². The van der Waals surface area contributed by atoms with Crippen LogP contribution in [0.1, 0.15) is 60.3 Å². The zero-order valence-corrected chi connectivity index (χ0v) is 15.2. The lowest BCUT2D eigenvalue weighted by atomic mass is 9.94. The molecule has 0 aromatic carbocycles. The average molecular weight is 299 g/mol. The average Bonchev–Trinajstić information content (AvgIpc) is 2.49. The van der Waals surface area contributed by atoms with Gasteiger partial charge in [0.15, 0.2) is 14.1 Å². The van der Waals surface area contributed by atoms with Crippen LogP contribution in [-0.4, -0.2) is 20.2 Å². The number of hydrogen-bond donors (Lipinski definition) is 0. The van der Waals surface area contributed by atoms with Gasteiger partial charge in [-0.3, -0.25) is 4.79 Å². The van der Waals surface area contributed by atoms with Crippen LogP contribution >= 0.6 is 0 Å². The SMILES string of the molecule is C=CC(=O)C[C@H](O[Si](CC)(CC)CC)[C@@H](C)CCCC. The molecule has 3 heteroatoms. The molecule has 0 saturated heterocycles. The molecule has 0 heterocycles. The summed E-state index contributed by atoms with van der Waals surface area (Å²) in [6, 6.07) is 3.41. The minimum Gasteiger partial charge on any atom is -0.413 e. The van der Waals surface area contributed by atoms with Gasteiger partial charge in [-0.25, -0.2) is 0 Å². The van der Waals surface area contributed by atoms with Crippen LogP contribution in [0.2, 0.25) is 18.1 Å². The third kappa shape index (κ3) is 6.36. The van der Waals surface area contributed by atoms with E-state index in [4.69, 9.17) is 4.43 Å². The Morgan fingerprint density at radius 1 is 1.20 bits per heavy atom. The Balaban J connectivity index is 4.90. The molecule has 20 heavy (non-hydrogen) atoms. The van der Waals surface area contributed by atoms with E-state index in [1.807, 2.05) is 0 Å². The number of unbranched alkanes of at least 4 members (excludes halogenated alkanes) is 1. The Bertz CT molecular complexity index is 276. The van der Waals surface area contributed by atoms with Crippen LogP contribution < -0.4 is 0 Å². The lowest BCUT2D eigenvalue weighted by Crippen LogP contribution is -2.42. The zero-order valence-electron chi connectivity index (χ0n) is 14.2. The van der Waals surface area contributed by atoms with Crippen LogP contribution in [0.5, 0.6) is 0 Å². The highest BCUT2D eigenvalue weighted by Crippen LogP contribution is 2.29. The third-order valence-corrected chi connectivity index (χ3v) is 9.28. The van der Waals surface area contributed by atoms with Crippen molar-refractivity contribution in [1.82, 2.24) is 0 Å². The second-order valence-corrected chi connectivity index (χ2v) is 10.6. The summed E-state index contributed by atoms with van der Waals surface area (Å²) in [6.07, 6.45) is 5.58. The lowest BCUT2D eigenvalue weighted by molar-refractivity contribution is -0.116. The van der Waals surface area contributed by atoms with Crippen LogP contribution in [-0.2, 0) is 9.22 Å². The predicted octanol–water partition coefficient (Wildman–Crippen LogP) is 5.35. The molecule has 2 atom stereocenters. The van der Waals surface area contributed by atoms with Crippen molar-refractivity contribution in [1.29, 1.82) is 0 Å². The van der Waals surface area contributed by atoms with Crippen LogP contribution in [0.3, 0.4) is 0 Å². The van der Waals surface area contributed by atoms with Crippen molar-refractivity contribution in [3.8, 4) is 0 Å². The van der Waals surface area contributed by atoms with Gasteiger partial charge in [0, 0.05) is 6.42 Å². The quantitative estimate of drug-likeness (QED) is 0.359. The molecule has 0 bridgehead atoms. The number of hydrogen-bond acceptors (Lipinski definition) is 2. The van der Waals surface area contributed by atoms with E-state index in [0.717, 1.165) is 24.6 Å². The Morgan fingerprint density at radius 3 is 2.15 bits per heavy atom. The Morgan fingerprint density at radius 2 is 1.75 bits per heavy atom. The summed E-state index contributed by atoms with van der Waals surface area (Å²) in [4.78, 5) is 11.8. The third-order valence-electron chi connectivity index (χ3n) is 4.61. The molecule has 0 radical (unpaired) electrons. The van der Waals surface area contributed by atoms with Gasteiger partial charge in [0.2, 0.25) is 0 Å². The van der Waals surface area contributed by atoms with E-state index in [1.165, 1.54) is 18.9 Å². The summed E-state index contributed by atoms with van der Waals surface area (Å²) < 4.78 is 6.59. The van der Waals surface area contributed by atoms with Crippen molar-refractivity contribution < 1.29 is 9.22 Å². The molecule has 0 unspecified atom stereocenters. The summed E-state index contributed by atoms with van der Waals surface area (Å²) in [7, 11) is -1.65. The number of allylic oxidation sites excluding steroid dienone is 1. The van der Waals surface area contributed by atoms with Crippen molar-refractivity contribution in [2.45, 2.75) is 84.5 Å². The van der Waals surface area contributed by atoms with Gasteiger partial charge in [0.05, 0.1) is 6.10 Å².